The number of carbonyl (C=O) groups excluding carboxylic acids is 1. The second-order valence-electron chi connectivity index (χ2n) is 3.65. The molecule has 3 heteroatoms. The fourth-order valence-electron chi connectivity index (χ4n) is 1.07. The topological polar surface area (TPSA) is 55.1 Å². The maximum Gasteiger partial charge on any atom is 0.223 e. The van der Waals surface area contributed by atoms with Crippen molar-refractivity contribution in [2.75, 3.05) is 6.54 Å². The van der Waals surface area contributed by atoms with Gasteiger partial charge in [-0.2, -0.15) is 0 Å². The quantitative estimate of drug-likeness (QED) is 0.656. The van der Waals surface area contributed by atoms with Gasteiger partial charge in [-0.1, -0.05) is 13.8 Å². The maximum atomic E-state index is 11.4. The molecule has 0 aliphatic heterocycles. The van der Waals surface area contributed by atoms with E-state index in [9.17, 15) is 4.79 Å². The van der Waals surface area contributed by atoms with Crippen LogP contribution in [0, 0.1) is 5.92 Å². The van der Waals surface area contributed by atoms with E-state index in [1.165, 1.54) is 0 Å². The van der Waals surface area contributed by atoms with E-state index in [1.54, 1.807) is 0 Å². The van der Waals surface area contributed by atoms with Crippen LogP contribution in [-0.2, 0) is 4.79 Å². The Morgan fingerprint density at radius 3 is 2.54 bits per heavy atom. The molecule has 0 aromatic rings. The van der Waals surface area contributed by atoms with Gasteiger partial charge in [0.25, 0.3) is 0 Å². The molecular weight excluding hydrogens is 164 g/mol. The third-order valence-electron chi connectivity index (χ3n) is 2.29. The van der Waals surface area contributed by atoms with Gasteiger partial charge in [-0.05, 0) is 32.7 Å². The van der Waals surface area contributed by atoms with Crippen molar-refractivity contribution in [2.45, 2.75) is 46.1 Å². The summed E-state index contributed by atoms with van der Waals surface area (Å²) in [5.41, 5.74) is 5.38. The van der Waals surface area contributed by atoms with E-state index in [2.05, 4.69) is 5.32 Å². The van der Waals surface area contributed by atoms with Gasteiger partial charge >= 0.3 is 0 Å². The summed E-state index contributed by atoms with van der Waals surface area (Å²) in [7, 11) is 0. The molecule has 2 atom stereocenters. The van der Waals surface area contributed by atoms with Crippen LogP contribution in [0.2, 0.25) is 0 Å². The zero-order valence-corrected chi connectivity index (χ0v) is 8.97. The molecule has 0 aliphatic carbocycles. The molecule has 0 spiro atoms. The summed E-state index contributed by atoms with van der Waals surface area (Å²) in [6.07, 6.45) is 2.84. The van der Waals surface area contributed by atoms with Crippen molar-refractivity contribution in [3.05, 3.63) is 0 Å². The zero-order valence-electron chi connectivity index (χ0n) is 8.97. The van der Waals surface area contributed by atoms with Crippen LogP contribution in [0.15, 0.2) is 0 Å². The van der Waals surface area contributed by atoms with E-state index >= 15 is 0 Å². The van der Waals surface area contributed by atoms with E-state index in [0.717, 1.165) is 19.3 Å². The lowest BCUT2D eigenvalue weighted by molar-refractivity contribution is -0.125. The van der Waals surface area contributed by atoms with Crippen molar-refractivity contribution in [2.24, 2.45) is 11.7 Å². The van der Waals surface area contributed by atoms with Crippen LogP contribution < -0.4 is 11.1 Å². The van der Waals surface area contributed by atoms with Crippen LogP contribution in [-0.4, -0.2) is 18.5 Å². The number of nitrogens with one attached hydrogen (secondary N) is 1. The first-order chi connectivity index (χ1) is 6.11. The third kappa shape index (κ3) is 5.64. The standard InChI is InChI=1S/C10H22N2O/c1-4-8(2)10(13)12-9(3)6-5-7-11/h8-9H,4-7,11H2,1-3H3,(H,12,13). The number of nitrogens with two attached hydrogens (primary N) is 1. The minimum Gasteiger partial charge on any atom is -0.353 e. The maximum absolute atomic E-state index is 11.4. The molecule has 78 valence electrons. The Bertz CT molecular complexity index is 148. The summed E-state index contributed by atoms with van der Waals surface area (Å²) in [6.45, 7) is 6.69. The highest BCUT2D eigenvalue weighted by molar-refractivity contribution is 5.78. The molecule has 13 heavy (non-hydrogen) atoms. The lowest BCUT2D eigenvalue weighted by Crippen LogP contribution is -2.36. The number of hydrogen-bond donors (Lipinski definition) is 2. The SMILES string of the molecule is CCC(C)C(=O)NC(C)CCCN. The molecule has 3 nitrogen and oxygen atoms in total. The third-order valence-corrected chi connectivity index (χ3v) is 2.29. The monoisotopic (exact) mass is 186 g/mol. The molecule has 0 saturated heterocycles. The van der Waals surface area contributed by atoms with Gasteiger partial charge in [0.1, 0.15) is 0 Å². The Balaban J connectivity index is 3.64. The molecule has 0 rings (SSSR count). The average Bonchev–Trinajstić information content (AvgIpc) is 2.13. The van der Waals surface area contributed by atoms with E-state index in [0.29, 0.717) is 6.54 Å². The molecule has 0 radical (unpaired) electrons. The van der Waals surface area contributed by atoms with E-state index < -0.39 is 0 Å². The summed E-state index contributed by atoms with van der Waals surface area (Å²) in [6, 6.07) is 0.255. The van der Waals surface area contributed by atoms with Crippen molar-refractivity contribution in [3.63, 3.8) is 0 Å². The summed E-state index contributed by atoms with van der Waals surface area (Å²) in [5.74, 6) is 0.285. The minimum absolute atomic E-state index is 0.125. The van der Waals surface area contributed by atoms with Crippen LogP contribution in [0.25, 0.3) is 0 Å². The minimum atomic E-state index is 0.125. The molecule has 3 N–H and O–H groups in total. The van der Waals surface area contributed by atoms with Crippen molar-refractivity contribution < 1.29 is 4.79 Å². The lowest BCUT2D eigenvalue weighted by atomic mass is 10.1. The van der Waals surface area contributed by atoms with E-state index in [-0.39, 0.29) is 17.9 Å². The smallest absolute Gasteiger partial charge is 0.223 e. The Morgan fingerprint density at radius 1 is 1.46 bits per heavy atom. The van der Waals surface area contributed by atoms with Gasteiger partial charge in [-0.3, -0.25) is 4.79 Å². The fraction of sp³-hybridized carbons (Fsp3) is 0.900. The Labute approximate surface area is 81.1 Å². The Hall–Kier alpha value is -0.570. The normalized spacial score (nSPS) is 15.1. The molecule has 0 fully saturated rings. The van der Waals surface area contributed by atoms with E-state index in [4.69, 9.17) is 5.73 Å². The largest absolute Gasteiger partial charge is 0.353 e. The number of carbonyl (C=O) groups is 1. The summed E-state index contributed by atoms with van der Waals surface area (Å²) in [5, 5.41) is 2.97. The molecule has 1 amide bonds. The second-order valence-corrected chi connectivity index (χ2v) is 3.65. The van der Waals surface area contributed by atoms with Crippen LogP contribution in [0.4, 0.5) is 0 Å². The summed E-state index contributed by atoms with van der Waals surface area (Å²) >= 11 is 0. The van der Waals surface area contributed by atoms with Gasteiger partial charge in [-0.25, -0.2) is 0 Å². The summed E-state index contributed by atoms with van der Waals surface area (Å²) in [4.78, 5) is 11.4. The van der Waals surface area contributed by atoms with Gasteiger partial charge in [0.15, 0.2) is 0 Å². The van der Waals surface area contributed by atoms with Crippen molar-refractivity contribution in [1.29, 1.82) is 0 Å². The molecule has 0 aliphatic rings. The highest BCUT2D eigenvalue weighted by atomic mass is 16.1. The van der Waals surface area contributed by atoms with Crippen molar-refractivity contribution in [1.82, 2.24) is 5.32 Å². The summed E-state index contributed by atoms with van der Waals surface area (Å²) < 4.78 is 0. The van der Waals surface area contributed by atoms with Crippen molar-refractivity contribution in [3.8, 4) is 0 Å². The molecular formula is C10H22N2O. The molecule has 0 heterocycles. The van der Waals surface area contributed by atoms with Gasteiger partial charge in [0.05, 0.1) is 0 Å². The zero-order chi connectivity index (χ0) is 10.3. The van der Waals surface area contributed by atoms with Crippen LogP contribution >= 0.6 is 0 Å². The van der Waals surface area contributed by atoms with Gasteiger partial charge < -0.3 is 11.1 Å². The number of hydrogen-bond acceptors (Lipinski definition) is 2. The van der Waals surface area contributed by atoms with Gasteiger partial charge in [0.2, 0.25) is 5.91 Å². The highest BCUT2D eigenvalue weighted by Gasteiger charge is 2.12. The van der Waals surface area contributed by atoms with Crippen LogP contribution in [0.5, 0.6) is 0 Å². The number of rotatable bonds is 6. The van der Waals surface area contributed by atoms with Gasteiger partial charge in [-0.15, -0.1) is 0 Å². The first kappa shape index (κ1) is 12.4. The predicted octanol–water partition coefficient (Wildman–Crippen LogP) is 1.28. The van der Waals surface area contributed by atoms with E-state index in [1.807, 2.05) is 20.8 Å². The Morgan fingerprint density at radius 2 is 2.08 bits per heavy atom. The highest BCUT2D eigenvalue weighted by Crippen LogP contribution is 2.02. The van der Waals surface area contributed by atoms with Crippen LogP contribution in [0.3, 0.4) is 0 Å². The van der Waals surface area contributed by atoms with Crippen molar-refractivity contribution >= 4 is 5.91 Å². The first-order valence-corrected chi connectivity index (χ1v) is 5.12. The molecule has 0 saturated carbocycles. The average molecular weight is 186 g/mol. The molecule has 0 bridgehead atoms. The Kier molecular flexibility index (Phi) is 6.59. The number of amides is 1. The van der Waals surface area contributed by atoms with Gasteiger partial charge in [0, 0.05) is 12.0 Å². The lowest BCUT2D eigenvalue weighted by Gasteiger charge is -2.16. The molecule has 0 aromatic heterocycles. The molecule has 2 unspecified atom stereocenters. The predicted molar refractivity (Wildman–Crippen MR) is 55.3 cm³/mol. The first-order valence-electron chi connectivity index (χ1n) is 5.12. The molecule has 0 aromatic carbocycles. The second kappa shape index (κ2) is 6.89. The fourth-order valence-corrected chi connectivity index (χ4v) is 1.07. The van der Waals surface area contributed by atoms with Crippen LogP contribution in [0.1, 0.15) is 40.0 Å².